The van der Waals surface area contributed by atoms with Crippen LogP contribution in [0.1, 0.15) is 38.0 Å². The Morgan fingerprint density at radius 3 is 2.54 bits per heavy atom. The minimum absolute atomic E-state index is 0.222. The van der Waals surface area contributed by atoms with Crippen LogP contribution in [0.4, 0.5) is 0 Å². The van der Waals surface area contributed by atoms with E-state index in [2.05, 4.69) is 18.7 Å². The molecule has 2 aromatic rings. The molecule has 2 aliphatic rings. The second-order valence-electron chi connectivity index (χ2n) is 6.55. The maximum absolute atomic E-state index is 5.75. The van der Waals surface area contributed by atoms with E-state index in [4.69, 9.17) is 24.3 Å². The number of hydrogen-bond donors (Lipinski definition) is 0. The average molecular weight is 358 g/mol. The summed E-state index contributed by atoms with van der Waals surface area (Å²) in [5.74, 6) is 3.41. The summed E-state index contributed by atoms with van der Waals surface area (Å²) in [4.78, 5) is 7.31. The number of morpholine rings is 1. The fourth-order valence-electron chi connectivity index (χ4n) is 3.58. The molecular weight excluding hydrogens is 332 g/mol. The predicted molar refractivity (Wildman–Crippen MR) is 97.2 cm³/mol. The van der Waals surface area contributed by atoms with E-state index in [-0.39, 0.29) is 6.04 Å². The fraction of sp³-hybridized carbons (Fsp3) is 0.579. The van der Waals surface area contributed by atoms with Gasteiger partial charge in [0.1, 0.15) is 19.0 Å². The summed E-state index contributed by atoms with van der Waals surface area (Å²) in [6, 6.07) is 6.20. The first-order valence-electron chi connectivity index (χ1n) is 9.47. The zero-order valence-electron chi connectivity index (χ0n) is 15.5. The highest BCUT2D eigenvalue weighted by molar-refractivity contribution is 5.49. The number of nitrogens with zero attached hydrogens (tertiary/aromatic N) is 4. The van der Waals surface area contributed by atoms with Crippen LogP contribution in [0.15, 0.2) is 18.2 Å². The Morgan fingerprint density at radius 2 is 1.81 bits per heavy atom. The molecule has 7 heteroatoms. The van der Waals surface area contributed by atoms with Gasteiger partial charge in [0.25, 0.3) is 0 Å². The molecule has 3 heterocycles. The molecule has 140 valence electrons. The molecule has 0 radical (unpaired) electrons. The third kappa shape index (κ3) is 3.29. The first-order chi connectivity index (χ1) is 12.8. The normalized spacial score (nSPS) is 18.7. The highest BCUT2D eigenvalue weighted by atomic mass is 16.6. The lowest BCUT2D eigenvalue weighted by Crippen LogP contribution is -2.39. The molecule has 1 fully saturated rings. The molecule has 0 N–H and O–H groups in total. The van der Waals surface area contributed by atoms with Crippen LogP contribution in [0, 0.1) is 0 Å². The van der Waals surface area contributed by atoms with Crippen molar-refractivity contribution in [3.63, 3.8) is 0 Å². The summed E-state index contributed by atoms with van der Waals surface area (Å²) >= 11 is 0. The van der Waals surface area contributed by atoms with E-state index in [1.54, 1.807) is 0 Å². The lowest BCUT2D eigenvalue weighted by molar-refractivity contribution is 0.0129. The van der Waals surface area contributed by atoms with Crippen LogP contribution in [-0.4, -0.2) is 59.2 Å². The lowest BCUT2D eigenvalue weighted by atomic mass is 10.1. The van der Waals surface area contributed by atoms with Crippen molar-refractivity contribution in [2.75, 3.05) is 39.5 Å². The average Bonchev–Trinajstić information content (AvgIpc) is 3.13. The Kier molecular flexibility index (Phi) is 5.08. The Labute approximate surface area is 153 Å². The quantitative estimate of drug-likeness (QED) is 0.818. The highest BCUT2D eigenvalue weighted by Crippen LogP contribution is 2.33. The Hall–Kier alpha value is -2.12. The molecule has 1 atom stereocenters. The number of benzene rings is 1. The van der Waals surface area contributed by atoms with Crippen LogP contribution >= 0.6 is 0 Å². The molecule has 0 spiro atoms. The van der Waals surface area contributed by atoms with E-state index >= 15 is 0 Å². The van der Waals surface area contributed by atoms with Crippen molar-refractivity contribution in [1.29, 1.82) is 0 Å². The first kappa shape index (κ1) is 17.3. The molecule has 26 heavy (non-hydrogen) atoms. The summed E-state index contributed by atoms with van der Waals surface area (Å²) in [5, 5.41) is 4.76. The molecule has 1 unspecified atom stereocenters. The van der Waals surface area contributed by atoms with Crippen LogP contribution in [0.25, 0.3) is 5.69 Å². The molecule has 0 saturated carbocycles. The van der Waals surface area contributed by atoms with Crippen LogP contribution in [0.2, 0.25) is 0 Å². The summed E-state index contributed by atoms with van der Waals surface area (Å²) < 4.78 is 18.9. The lowest BCUT2D eigenvalue weighted by Gasteiger charge is -2.33. The van der Waals surface area contributed by atoms with Crippen LogP contribution < -0.4 is 9.47 Å². The number of hydrogen-bond acceptors (Lipinski definition) is 6. The van der Waals surface area contributed by atoms with Gasteiger partial charge in [0.05, 0.1) is 24.9 Å². The van der Waals surface area contributed by atoms with Crippen molar-refractivity contribution in [2.45, 2.75) is 32.7 Å². The van der Waals surface area contributed by atoms with E-state index in [0.29, 0.717) is 13.2 Å². The summed E-state index contributed by atoms with van der Waals surface area (Å²) in [6.07, 6.45) is 1.79. The summed E-state index contributed by atoms with van der Waals surface area (Å²) in [5.41, 5.74) is 0.961. The molecule has 1 saturated heterocycles. The molecule has 1 aromatic carbocycles. The second-order valence-corrected chi connectivity index (χ2v) is 6.55. The van der Waals surface area contributed by atoms with Crippen molar-refractivity contribution < 1.29 is 14.2 Å². The fourth-order valence-corrected chi connectivity index (χ4v) is 3.58. The molecule has 1 aromatic heterocycles. The van der Waals surface area contributed by atoms with Crippen molar-refractivity contribution in [1.82, 2.24) is 19.7 Å². The minimum Gasteiger partial charge on any atom is -0.486 e. The van der Waals surface area contributed by atoms with E-state index in [1.807, 2.05) is 22.9 Å². The van der Waals surface area contributed by atoms with E-state index in [0.717, 1.165) is 68.0 Å². The second kappa shape index (κ2) is 7.63. The van der Waals surface area contributed by atoms with Gasteiger partial charge in [-0.15, -0.1) is 0 Å². The van der Waals surface area contributed by atoms with Crippen LogP contribution in [-0.2, 0) is 11.2 Å². The van der Waals surface area contributed by atoms with Gasteiger partial charge < -0.3 is 14.2 Å². The van der Waals surface area contributed by atoms with Gasteiger partial charge in [0.15, 0.2) is 17.3 Å². The van der Waals surface area contributed by atoms with Gasteiger partial charge in [0, 0.05) is 25.6 Å². The predicted octanol–water partition coefficient (Wildman–Crippen LogP) is 2.38. The van der Waals surface area contributed by atoms with Gasteiger partial charge in [0.2, 0.25) is 0 Å². The van der Waals surface area contributed by atoms with Crippen molar-refractivity contribution >= 4 is 0 Å². The van der Waals surface area contributed by atoms with Gasteiger partial charge in [-0.1, -0.05) is 13.8 Å². The molecule has 0 aliphatic carbocycles. The monoisotopic (exact) mass is 358 g/mol. The number of aromatic nitrogens is 3. The molecular formula is C19H26N4O3. The van der Waals surface area contributed by atoms with Gasteiger partial charge in [-0.2, -0.15) is 5.10 Å². The maximum atomic E-state index is 5.75. The molecule has 2 aliphatic heterocycles. The molecule has 4 rings (SSSR count). The highest BCUT2D eigenvalue weighted by Gasteiger charge is 2.27. The number of fused-ring (bicyclic) bond motifs is 1. The van der Waals surface area contributed by atoms with E-state index in [1.165, 1.54) is 0 Å². The van der Waals surface area contributed by atoms with E-state index in [9.17, 15) is 0 Å². The molecule has 0 amide bonds. The van der Waals surface area contributed by atoms with Crippen molar-refractivity contribution in [3.8, 4) is 17.2 Å². The van der Waals surface area contributed by atoms with Gasteiger partial charge >= 0.3 is 0 Å². The van der Waals surface area contributed by atoms with Crippen molar-refractivity contribution in [3.05, 3.63) is 29.8 Å². The summed E-state index contributed by atoms with van der Waals surface area (Å²) in [7, 11) is 0. The Morgan fingerprint density at radius 1 is 1.04 bits per heavy atom. The van der Waals surface area contributed by atoms with Gasteiger partial charge in [-0.05, 0) is 18.6 Å². The SMILES string of the molecule is CCc1nc(C(CC)N2CCOCC2)n(-c2ccc3c(c2)OCCO3)n1. The van der Waals surface area contributed by atoms with Crippen LogP contribution in [0.5, 0.6) is 11.5 Å². The van der Waals surface area contributed by atoms with Crippen LogP contribution in [0.3, 0.4) is 0 Å². The van der Waals surface area contributed by atoms with E-state index < -0.39 is 0 Å². The zero-order valence-corrected chi connectivity index (χ0v) is 15.5. The Balaban J connectivity index is 1.72. The third-order valence-corrected chi connectivity index (χ3v) is 4.93. The standard InChI is InChI=1S/C19H26N4O3/c1-3-15(22-7-9-24-10-8-22)19-20-18(4-2)21-23(19)14-5-6-16-17(13-14)26-12-11-25-16/h5-6,13,15H,3-4,7-12H2,1-2H3. The first-order valence-corrected chi connectivity index (χ1v) is 9.47. The largest absolute Gasteiger partial charge is 0.486 e. The smallest absolute Gasteiger partial charge is 0.163 e. The Bertz CT molecular complexity index is 755. The van der Waals surface area contributed by atoms with Gasteiger partial charge in [-0.3, -0.25) is 4.90 Å². The molecule has 0 bridgehead atoms. The third-order valence-electron chi connectivity index (χ3n) is 4.93. The molecule has 7 nitrogen and oxygen atoms in total. The number of rotatable bonds is 5. The topological polar surface area (TPSA) is 61.6 Å². The maximum Gasteiger partial charge on any atom is 0.163 e. The van der Waals surface area contributed by atoms with Gasteiger partial charge in [-0.25, -0.2) is 9.67 Å². The summed E-state index contributed by atoms with van der Waals surface area (Å²) in [6.45, 7) is 8.85. The number of aryl methyl sites for hydroxylation is 1. The zero-order chi connectivity index (χ0) is 17.9. The van der Waals surface area contributed by atoms with Crippen molar-refractivity contribution in [2.24, 2.45) is 0 Å². The minimum atomic E-state index is 0.222. The number of ether oxygens (including phenoxy) is 3.